The van der Waals surface area contributed by atoms with Crippen LogP contribution in [0.5, 0.6) is 5.75 Å². The summed E-state index contributed by atoms with van der Waals surface area (Å²) in [6.07, 6.45) is 1.83. The lowest BCUT2D eigenvalue weighted by atomic mass is 10.2. The highest BCUT2D eigenvalue weighted by atomic mass is 19.3. The van der Waals surface area contributed by atoms with Crippen LogP contribution in [0.2, 0.25) is 0 Å². The van der Waals surface area contributed by atoms with Gasteiger partial charge in [-0.1, -0.05) is 18.2 Å². The fourth-order valence-electron chi connectivity index (χ4n) is 3.00. The molecule has 7 heteroatoms. The molecule has 1 aromatic carbocycles. The molecule has 3 rings (SSSR count). The first-order valence-electron chi connectivity index (χ1n) is 8.73. The third-order valence-corrected chi connectivity index (χ3v) is 4.46. The van der Waals surface area contributed by atoms with Crippen LogP contribution in [-0.4, -0.2) is 49.7 Å². The normalized spacial score (nSPS) is 15.5. The Morgan fingerprint density at radius 2 is 1.81 bits per heavy atom. The van der Waals surface area contributed by atoms with Gasteiger partial charge in [-0.05, 0) is 30.8 Å². The second kappa shape index (κ2) is 8.91. The van der Waals surface area contributed by atoms with Crippen molar-refractivity contribution in [2.24, 2.45) is 0 Å². The molecule has 140 valence electrons. The largest absolute Gasteiger partial charge is 0.435 e. The first kappa shape index (κ1) is 18.5. The molecule has 1 fully saturated rings. The van der Waals surface area contributed by atoms with Gasteiger partial charge in [0.2, 0.25) is 0 Å². The van der Waals surface area contributed by atoms with Crippen molar-refractivity contribution in [3.05, 3.63) is 53.7 Å². The van der Waals surface area contributed by atoms with E-state index in [1.807, 2.05) is 12.3 Å². The van der Waals surface area contributed by atoms with Gasteiger partial charge in [0.25, 0.3) is 0 Å². The average molecular weight is 362 g/mol. The van der Waals surface area contributed by atoms with Crippen LogP contribution < -0.4 is 15.0 Å². The number of piperazine rings is 1. The van der Waals surface area contributed by atoms with Gasteiger partial charge in [-0.25, -0.2) is 4.98 Å². The molecule has 1 N–H and O–H groups in total. The van der Waals surface area contributed by atoms with E-state index in [-0.39, 0.29) is 5.75 Å². The molecule has 5 nitrogen and oxygen atoms in total. The van der Waals surface area contributed by atoms with Gasteiger partial charge in [-0.3, -0.25) is 0 Å². The molecule has 1 aliphatic heterocycles. The first-order chi connectivity index (χ1) is 12.6. The van der Waals surface area contributed by atoms with E-state index < -0.39 is 6.61 Å². The van der Waals surface area contributed by atoms with Gasteiger partial charge in [-0.15, -0.1) is 0 Å². The molecular formula is C19H24F2N4O. The molecule has 0 bridgehead atoms. The molecule has 2 aromatic rings. The monoisotopic (exact) mass is 362 g/mol. The maximum absolute atomic E-state index is 12.2. The molecule has 0 saturated carbocycles. The van der Waals surface area contributed by atoms with Crippen molar-refractivity contribution in [2.75, 3.05) is 38.1 Å². The number of likely N-dealkylation sites (N-methyl/N-ethyl adjacent to an activating group) is 1. The minimum absolute atomic E-state index is 0.174. The fraction of sp³-hybridized carbons (Fsp3) is 0.421. The summed E-state index contributed by atoms with van der Waals surface area (Å²) in [5.74, 6) is 1.21. The van der Waals surface area contributed by atoms with Crippen LogP contribution >= 0.6 is 0 Å². The molecular weight excluding hydrogens is 338 g/mol. The van der Waals surface area contributed by atoms with Crippen molar-refractivity contribution in [1.82, 2.24) is 15.2 Å². The topological polar surface area (TPSA) is 40.6 Å². The number of hydrogen-bond acceptors (Lipinski definition) is 5. The minimum Gasteiger partial charge on any atom is -0.435 e. The number of benzene rings is 1. The molecule has 0 spiro atoms. The van der Waals surface area contributed by atoms with Gasteiger partial charge >= 0.3 is 6.61 Å². The van der Waals surface area contributed by atoms with Crippen molar-refractivity contribution in [2.45, 2.75) is 19.7 Å². The molecule has 0 atom stereocenters. The van der Waals surface area contributed by atoms with Crippen molar-refractivity contribution >= 4 is 5.82 Å². The van der Waals surface area contributed by atoms with Crippen LogP contribution in [0.4, 0.5) is 14.6 Å². The summed E-state index contributed by atoms with van der Waals surface area (Å²) in [4.78, 5) is 9.22. The number of nitrogens with one attached hydrogen (secondary N) is 1. The SMILES string of the molecule is CN1CCN(c2ncccc2CNCc2ccc(OC(F)F)cc2)CC1. The zero-order valence-electron chi connectivity index (χ0n) is 14.9. The molecule has 1 aliphatic rings. The fourth-order valence-corrected chi connectivity index (χ4v) is 3.00. The predicted molar refractivity (Wildman–Crippen MR) is 97.6 cm³/mol. The third kappa shape index (κ3) is 5.12. The van der Waals surface area contributed by atoms with E-state index in [0.29, 0.717) is 13.1 Å². The smallest absolute Gasteiger partial charge is 0.387 e. The molecule has 0 amide bonds. The Bertz CT molecular complexity index is 688. The van der Waals surface area contributed by atoms with Crippen molar-refractivity contribution in [1.29, 1.82) is 0 Å². The molecule has 26 heavy (non-hydrogen) atoms. The lowest BCUT2D eigenvalue weighted by molar-refractivity contribution is -0.0498. The Kier molecular flexibility index (Phi) is 6.35. The first-order valence-corrected chi connectivity index (χ1v) is 8.73. The predicted octanol–water partition coefficient (Wildman–Crippen LogP) is 2.72. The number of aromatic nitrogens is 1. The third-order valence-electron chi connectivity index (χ3n) is 4.46. The number of pyridine rings is 1. The summed E-state index contributed by atoms with van der Waals surface area (Å²) in [7, 11) is 2.13. The maximum Gasteiger partial charge on any atom is 0.387 e. The Balaban J connectivity index is 1.55. The van der Waals surface area contributed by atoms with Gasteiger partial charge in [0.05, 0.1) is 0 Å². The van der Waals surface area contributed by atoms with Gasteiger partial charge in [-0.2, -0.15) is 8.78 Å². The average Bonchev–Trinajstić information content (AvgIpc) is 2.64. The Hall–Kier alpha value is -2.25. The highest BCUT2D eigenvalue weighted by Crippen LogP contribution is 2.19. The number of anilines is 1. The second-order valence-electron chi connectivity index (χ2n) is 6.40. The number of halogens is 2. The quantitative estimate of drug-likeness (QED) is 0.820. The summed E-state index contributed by atoms with van der Waals surface area (Å²) in [5, 5.41) is 3.40. The van der Waals surface area contributed by atoms with Crippen LogP contribution in [-0.2, 0) is 13.1 Å². The van der Waals surface area contributed by atoms with Crippen LogP contribution in [0.25, 0.3) is 0 Å². The van der Waals surface area contributed by atoms with E-state index in [9.17, 15) is 8.78 Å². The zero-order valence-corrected chi connectivity index (χ0v) is 14.9. The van der Waals surface area contributed by atoms with Gasteiger partial charge in [0.1, 0.15) is 11.6 Å². The number of rotatable bonds is 7. The summed E-state index contributed by atoms with van der Waals surface area (Å²) < 4.78 is 28.7. The number of ether oxygens (including phenoxy) is 1. The maximum atomic E-state index is 12.2. The Labute approximate surface area is 152 Å². The number of alkyl halides is 2. The van der Waals surface area contributed by atoms with E-state index in [2.05, 4.69) is 38.0 Å². The van der Waals surface area contributed by atoms with Crippen molar-refractivity contribution in [3.63, 3.8) is 0 Å². The minimum atomic E-state index is -2.79. The van der Waals surface area contributed by atoms with Crippen LogP contribution in [0.1, 0.15) is 11.1 Å². The molecule has 0 aliphatic carbocycles. The molecule has 0 unspecified atom stereocenters. The Morgan fingerprint density at radius 1 is 1.08 bits per heavy atom. The van der Waals surface area contributed by atoms with Gasteiger partial charge < -0.3 is 19.9 Å². The van der Waals surface area contributed by atoms with Crippen molar-refractivity contribution < 1.29 is 13.5 Å². The van der Waals surface area contributed by atoms with Gasteiger partial charge in [0.15, 0.2) is 0 Å². The van der Waals surface area contributed by atoms with Crippen LogP contribution in [0.3, 0.4) is 0 Å². The highest BCUT2D eigenvalue weighted by molar-refractivity contribution is 5.47. The summed E-state index contributed by atoms with van der Waals surface area (Å²) in [5.41, 5.74) is 2.17. The molecule has 0 radical (unpaired) electrons. The van der Waals surface area contributed by atoms with E-state index in [4.69, 9.17) is 0 Å². The Morgan fingerprint density at radius 3 is 2.50 bits per heavy atom. The summed E-state index contributed by atoms with van der Waals surface area (Å²) in [6.45, 7) is 2.58. The lowest BCUT2D eigenvalue weighted by Crippen LogP contribution is -2.45. The molecule has 1 saturated heterocycles. The van der Waals surface area contributed by atoms with E-state index in [1.165, 1.54) is 0 Å². The van der Waals surface area contributed by atoms with E-state index in [0.717, 1.165) is 43.1 Å². The van der Waals surface area contributed by atoms with Crippen LogP contribution in [0, 0.1) is 0 Å². The molecule has 2 heterocycles. The number of hydrogen-bond donors (Lipinski definition) is 1. The second-order valence-corrected chi connectivity index (χ2v) is 6.40. The van der Waals surface area contributed by atoms with Crippen molar-refractivity contribution in [3.8, 4) is 5.75 Å². The lowest BCUT2D eigenvalue weighted by Gasteiger charge is -2.34. The number of nitrogens with zero attached hydrogens (tertiary/aromatic N) is 3. The summed E-state index contributed by atoms with van der Waals surface area (Å²) in [6, 6.07) is 10.7. The highest BCUT2D eigenvalue weighted by Gasteiger charge is 2.17. The van der Waals surface area contributed by atoms with Crippen LogP contribution in [0.15, 0.2) is 42.6 Å². The standard InChI is InChI=1S/C19H24F2N4O/c1-24-9-11-25(12-10-24)18-16(3-2-8-23-18)14-22-13-15-4-6-17(7-5-15)26-19(20)21/h2-8,19,22H,9-14H2,1H3. The van der Waals surface area contributed by atoms with E-state index >= 15 is 0 Å². The molecule has 1 aromatic heterocycles. The zero-order chi connectivity index (χ0) is 18.4. The van der Waals surface area contributed by atoms with Gasteiger partial charge in [0, 0.05) is 51.0 Å². The summed E-state index contributed by atoms with van der Waals surface area (Å²) >= 11 is 0. The van der Waals surface area contributed by atoms with E-state index in [1.54, 1.807) is 24.3 Å².